The molecule has 1 N–H and O–H groups in total. The van der Waals surface area contributed by atoms with E-state index in [0.717, 1.165) is 12.8 Å². The third-order valence-corrected chi connectivity index (χ3v) is 1.75. The summed E-state index contributed by atoms with van der Waals surface area (Å²) < 4.78 is 0. The highest BCUT2D eigenvalue weighted by Gasteiger charge is 2.15. The molecule has 2 atom stereocenters. The van der Waals surface area contributed by atoms with Gasteiger partial charge in [0.05, 0.1) is 6.10 Å². The van der Waals surface area contributed by atoms with E-state index in [-0.39, 0.29) is 12.0 Å². The monoisotopic (exact) mass is 124 g/mol. The highest BCUT2D eigenvalue weighted by Crippen LogP contribution is 2.18. The van der Waals surface area contributed by atoms with Gasteiger partial charge < -0.3 is 5.11 Å². The first kappa shape index (κ1) is 6.56. The van der Waals surface area contributed by atoms with Crippen LogP contribution in [0.4, 0.5) is 0 Å². The van der Waals surface area contributed by atoms with Crippen molar-refractivity contribution in [2.75, 3.05) is 0 Å². The molecule has 0 unspecified atom stereocenters. The van der Waals surface area contributed by atoms with Crippen LogP contribution in [0.5, 0.6) is 0 Å². The van der Waals surface area contributed by atoms with Gasteiger partial charge in [-0.3, -0.25) is 0 Å². The van der Waals surface area contributed by atoms with Crippen molar-refractivity contribution in [1.29, 1.82) is 0 Å². The molecule has 0 saturated heterocycles. The summed E-state index contributed by atoms with van der Waals surface area (Å²) in [4.78, 5) is 0. The van der Waals surface area contributed by atoms with E-state index in [1.807, 2.05) is 12.2 Å². The van der Waals surface area contributed by atoms with Gasteiger partial charge in [-0.05, 0) is 12.8 Å². The summed E-state index contributed by atoms with van der Waals surface area (Å²) in [6.07, 6.45) is 7.49. The fraction of sp³-hybridized carbons (Fsp3) is 0.500. The molecule has 1 rings (SSSR count). The Morgan fingerprint density at radius 2 is 2.11 bits per heavy atom. The molecule has 9 heavy (non-hydrogen) atoms. The molecule has 0 heterocycles. The number of aliphatic hydroxyl groups excluding tert-OH is 1. The lowest BCUT2D eigenvalue weighted by molar-refractivity contribution is 0.129. The Bertz CT molecular complexity index is 127. The zero-order valence-corrected chi connectivity index (χ0v) is 5.46. The molecule has 0 aromatic carbocycles. The summed E-state index contributed by atoms with van der Waals surface area (Å²) in [6, 6.07) is 0. The maximum atomic E-state index is 9.25. The van der Waals surface area contributed by atoms with Gasteiger partial charge in [0.15, 0.2) is 0 Å². The molecular formula is C8H12O. The molecule has 1 aliphatic rings. The zero-order chi connectivity index (χ0) is 6.69. The third kappa shape index (κ3) is 1.42. The Kier molecular flexibility index (Phi) is 2.06. The second-order valence-corrected chi connectivity index (χ2v) is 2.41. The fourth-order valence-electron chi connectivity index (χ4n) is 1.07. The Morgan fingerprint density at radius 3 is 2.56 bits per heavy atom. The molecule has 0 fully saturated rings. The van der Waals surface area contributed by atoms with Crippen molar-refractivity contribution in [3.05, 3.63) is 24.8 Å². The van der Waals surface area contributed by atoms with Crippen molar-refractivity contribution >= 4 is 0 Å². The summed E-state index contributed by atoms with van der Waals surface area (Å²) >= 11 is 0. The lowest BCUT2D eigenvalue weighted by Crippen LogP contribution is -2.19. The quantitative estimate of drug-likeness (QED) is 0.525. The van der Waals surface area contributed by atoms with Crippen LogP contribution in [0, 0.1) is 5.92 Å². The number of hydrogen-bond donors (Lipinski definition) is 1. The van der Waals surface area contributed by atoms with E-state index < -0.39 is 0 Å². The number of allylic oxidation sites excluding steroid dienone is 1. The van der Waals surface area contributed by atoms with Gasteiger partial charge in [0.25, 0.3) is 0 Å². The van der Waals surface area contributed by atoms with Gasteiger partial charge in [-0.15, -0.1) is 6.58 Å². The van der Waals surface area contributed by atoms with Crippen LogP contribution in [0.2, 0.25) is 0 Å². The Morgan fingerprint density at radius 1 is 1.44 bits per heavy atom. The lowest BCUT2D eigenvalue weighted by atomic mass is 9.92. The summed E-state index contributed by atoms with van der Waals surface area (Å²) in [6.45, 7) is 3.64. The van der Waals surface area contributed by atoms with Gasteiger partial charge >= 0.3 is 0 Å². The van der Waals surface area contributed by atoms with Crippen molar-refractivity contribution in [3.8, 4) is 0 Å². The van der Waals surface area contributed by atoms with Gasteiger partial charge in [-0.1, -0.05) is 18.2 Å². The molecule has 0 radical (unpaired) electrons. The molecular weight excluding hydrogens is 112 g/mol. The van der Waals surface area contributed by atoms with Crippen molar-refractivity contribution < 1.29 is 5.11 Å². The van der Waals surface area contributed by atoms with Gasteiger partial charge in [-0.2, -0.15) is 0 Å². The summed E-state index contributed by atoms with van der Waals surface area (Å²) in [7, 11) is 0. The largest absolute Gasteiger partial charge is 0.392 e. The van der Waals surface area contributed by atoms with Crippen LogP contribution < -0.4 is 0 Å². The standard InChI is InChI=1S/C8H12O/c1-2-7-5-3-4-6-8(7)9/h2-4,7-9H,1,5-6H2/t7-,8-/m0/s1. The van der Waals surface area contributed by atoms with Crippen molar-refractivity contribution in [1.82, 2.24) is 0 Å². The van der Waals surface area contributed by atoms with E-state index in [9.17, 15) is 5.11 Å². The molecule has 0 amide bonds. The Balaban J connectivity index is 2.52. The van der Waals surface area contributed by atoms with E-state index in [0.29, 0.717) is 0 Å². The minimum atomic E-state index is -0.188. The number of hydrogen-bond acceptors (Lipinski definition) is 1. The minimum absolute atomic E-state index is 0.188. The molecule has 0 spiro atoms. The van der Waals surface area contributed by atoms with Gasteiger partial charge in [0.1, 0.15) is 0 Å². The maximum absolute atomic E-state index is 9.25. The molecule has 0 aliphatic heterocycles. The van der Waals surface area contributed by atoms with Gasteiger partial charge in [0.2, 0.25) is 0 Å². The second-order valence-electron chi connectivity index (χ2n) is 2.41. The number of aliphatic hydroxyl groups is 1. The zero-order valence-electron chi connectivity index (χ0n) is 5.46. The van der Waals surface area contributed by atoms with E-state index >= 15 is 0 Å². The van der Waals surface area contributed by atoms with Crippen molar-refractivity contribution in [2.45, 2.75) is 18.9 Å². The lowest BCUT2D eigenvalue weighted by Gasteiger charge is -2.19. The molecule has 1 aliphatic carbocycles. The van der Waals surface area contributed by atoms with Gasteiger partial charge in [0, 0.05) is 5.92 Å². The summed E-state index contributed by atoms with van der Waals surface area (Å²) in [5.74, 6) is 0.287. The highest BCUT2D eigenvalue weighted by atomic mass is 16.3. The van der Waals surface area contributed by atoms with Crippen LogP contribution in [-0.4, -0.2) is 11.2 Å². The first-order chi connectivity index (χ1) is 4.34. The second kappa shape index (κ2) is 2.83. The van der Waals surface area contributed by atoms with Crippen LogP contribution in [-0.2, 0) is 0 Å². The molecule has 1 nitrogen and oxygen atoms in total. The topological polar surface area (TPSA) is 20.2 Å². The fourth-order valence-corrected chi connectivity index (χ4v) is 1.07. The van der Waals surface area contributed by atoms with E-state index in [1.54, 1.807) is 0 Å². The Hall–Kier alpha value is -0.560. The van der Waals surface area contributed by atoms with Crippen molar-refractivity contribution in [2.24, 2.45) is 5.92 Å². The predicted octanol–water partition coefficient (Wildman–Crippen LogP) is 1.50. The maximum Gasteiger partial charge on any atom is 0.0640 e. The average molecular weight is 124 g/mol. The normalized spacial score (nSPS) is 34.3. The molecule has 0 saturated carbocycles. The van der Waals surface area contributed by atoms with Crippen LogP contribution in [0.3, 0.4) is 0 Å². The molecule has 0 aromatic heterocycles. The molecule has 1 heteroatoms. The highest BCUT2D eigenvalue weighted by molar-refractivity contribution is 5.00. The SMILES string of the molecule is C=C[C@H]1CC=CC[C@@H]1O. The third-order valence-electron chi connectivity index (χ3n) is 1.75. The molecule has 0 aromatic rings. The van der Waals surface area contributed by atoms with Crippen molar-refractivity contribution in [3.63, 3.8) is 0 Å². The molecule has 50 valence electrons. The number of rotatable bonds is 1. The van der Waals surface area contributed by atoms with E-state index in [4.69, 9.17) is 0 Å². The van der Waals surface area contributed by atoms with Crippen LogP contribution >= 0.6 is 0 Å². The molecule has 0 bridgehead atoms. The first-order valence-corrected chi connectivity index (χ1v) is 3.30. The average Bonchev–Trinajstić information content (AvgIpc) is 1.89. The van der Waals surface area contributed by atoms with Crippen LogP contribution in [0.1, 0.15) is 12.8 Å². The minimum Gasteiger partial charge on any atom is -0.392 e. The van der Waals surface area contributed by atoms with E-state index in [1.165, 1.54) is 0 Å². The van der Waals surface area contributed by atoms with Gasteiger partial charge in [-0.25, -0.2) is 0 Å². The Labute approximate surface area is 55.7 Å². The smallest absolute Gasteiger partial charge is 0.0640 e. The van der Waals surface area contributed by atoms with Crippen LogP contribution in [0.25, 0.3) is 0 Å². The van der Waals surface area contributed by atoms with E-state index in [2.05, 4.69) is 12.7 Å². The summed E-state index contributed by atoms with van der Waals surface area (Å²) in [5, 5.41) is 9.25. The predicted molar refractivity (Wildman–Crippen MR) is 38.1 cm³/mol. The first-order valence-electron chi connectivity index (χ1n) is 3.30. The van der Waals surface area contributed by atoms with Crippen LogP contribution in [0.15, 0.2) is 24.8 Å². The summed E-state index contributed by atoms with van der Waals surface area (Å²) in [5.41, 5.74) is 0.